The van der Waals surface area contributed by atoms with E-state index in [4.69, 9.17) is 9.47 Å². The lowest BCUT2D eigenvalue weighted by atomic mass is 10.2. The summed E-state index contributed by atoms with van der Waals surface area (Å²) in [5.74, 6) is 1.29. The number of alkyl carbamates (subject to hydrolysis) is 1. The Morgan fingerprint density at radius 2 is 2.08 bits per heavy atom. The van der Waals surface area contributed by atoms with E-state index in [2.05, 4.69) is 20.9 Å². The van der Waals surface area contributed by atoms with Crippen LogP contribution >= 0.6 is 24.0 Å². The van der Waals surface area contributed by atoms with E-state index in [0.717, 1.165) is 51.3 Å². The molecule has 3 N–H and O–H groups in total. The molecule has 8 heteroatoms. The smallest absolute Gasteiger partial charge is 0.407 e. The molecule has 2 fully saturated rings. The fourth-order valence-corrected chi connectivity index (χ4v) is 2.68. The highest BCUT2D eigenvalue weighted by Gasteiger charge is 2.32. The molecule has 0 radical (unpaired) electrons. The van der Waals surface area contributed by atoms with Crippen LogP contribution in [0.2, 0.25) is 0 Å². The van der Waals surface area contributed by atoms with Crippen molar-refractivity contribution < 1.29 is 14.3 Å². The van der Waals surface area contributed by atoms with Gasteiger partial charge in [0.2, 0.25) is 0 Å². The molecule has 2 unspecified atom stereocenters. The summed E-state index contributed by atoms with van der Waals surface area (Å²) in [5, 5.41) is 9.49. The lowest BCUT2D eigenvalue weighted by molar-refractivity contribution is 0.114. The molecule has 0 aromatic rings. The van der Waals surface area contributed by atoms with Crippen LogP contribution in [-0.4, -0.2) is 57.0 Å². The Hall–Kier alpha value is -0.770. The summed E-state index contributed by atoms with van der Waals surface area (Å²) < 4.78 is 10.6. The van der Waals surface area contributed by atoms with Crippen LogP contribution in [0.1, 0.15) is 39.5 Å². The number of aliphatic imine (C=N–C) groups is 1. The number of amides is 1. The number of halogens is 1. The molecule has 1 saturated heterocycles. The van der Waals surface area contributed by atoms with Crippen molar-refractivity contribution in [3.05, 3.63) is 0 Å². The summed E-state index contributed by atoms with van der Waals surface area (Å²) in [5.41, 5.74) is 0. The van der Waals surface area contributed by atoms with Crippen LogP contribution in [0.25, 0.3) is 0 Å². The highest BCUT2D eigenvalue weighted by atomic mass is 127. The molecule has 1 heterocycles. The van der Waals surface area contributed by atoms with Gasteiger partial charge in [0.1, 0.15) is 0 Å². The van der Waals surface area contributed by atoms with E-state index in [-0.39, 0.29) is 42.2 Å². The third kappa shape index (κ3) is 7.87. The fourth-order valence-electron chi connectivity index (χ4n) is 2.68. The van der Waals surface area contributed by atoms with Crippen LogP contribution in [0.3, 0.4) is 0 Å². The molecule has 0 aromatic carbocycles. The van der Waals surface area contributed by atoms with Crippen molar-refractivity contribution in [2.75, 3.05) is 32.8 Å². The zero-order valence-electron chi connectivity index (χ0n) is 14.7. The highest BCUT2D eigenvalue weighted by Crippen LogP contribution is 2.32. The van der Waals surface area contributed by atoms with Gasteiger partial charge < -0.3 is 25.4 Å². The first-order valence-electron chi connectivity index (χ1n) is 8.80. The standard InChI is InChI=1S/C16H30N4O3.HI/c1-3-17-15(18-10-13-6-5-9-23-13)19-11-14(12-7-8-12)20-16(21)22-4-2;/h12-14H,3-11H2,1-2H3,(H,20,21)(H2,17,18,19);1H. The van der Waals surface area contributed by atoms with E-state index in [0.29, 0.717) is 19.1 Å². The number of ether oxygens (including phenoxy) is 2. The summed E-state index contributed by atoms with van der Waals surface area (Å²) in [7, 11) is 0. The lowest BCUT2D eigenvalue weighted by Gasteiger charge is -2.18. The molecule has 140 valence electrons. The SMILES string of the molecule is CCNC(=NCC(NC(=O)OCC)C1CC1)NCC1CCCO1.I. The molecule has 0 spiro atoms. The van der Waals surface area contributed by atoms with Crippen LogP contribution in [0.4, 0.5) is 4.79 Å². The second-order valence-electron chi connectivity index (χ2n) is 6.04. The first-order valence-corrected chi connectivity index (χ1v) is 8.80. The largest absolute Gasteiger partial charge is 0.450 e. The monoisotopic (exact) mass is 454 g/mol. The Morgan fingerprint density at radius 3 is 2.67 bits per heavy atom. The summed E-state index contributed by atoms with van der Waals surface area (Å²) in [4.78, 5) is 16.2. The van der Waals surface area contributed by atoms with Gasteiger partial charge in [0.25, 0.3) is 0 Å². The zero-order chi connectivity index (χ0) is 16.5. The van der Waals surface area contributed by atoms with Gasteiger partial charge in [-0.2, -0.15) is 0 Å². The maximum absolute atomic E-state index is 11.6. The molecule has 7 nitrogen and oxygen atoms in total. The van der Waals surface area contributed by atoms with Gasteiger partial charge in [0, 0.05) is 19.7 Å². The summed E-state index contributed by atoms with van der Waals surface area (Å²) in [6, 6.07) is 0.0484. The van der Waals surface area contributed by atoms with E-state index < -0.39 is 0 Å². The van der Waals surface area contributed by atoms with Crippen molar-refractivity contribution in [2.45, 2.75) is 51.7 Å². The van der Waals surface area contributed by atoms with Gasteiger partial charge in [0.15, 0.2) is 5.96 Å². The summed E-state index contributed by atoms with van der Waals surface area (Å²) in [6.07, 6.45) is 4.45. The third-order valence-electron chi connectivity index (χ3n) is 4.08. The van der Waals surface area contributed by atoms with Gasteiger partial charge >= 0.3 is 6.09 Å². The van der Waals surface area contributed by atoms with Crippen LogP contribution < -0.4 is 16.0 Å². The third-order valence-corrected chi connectivity index (χ3v) is 4.08. The number of hydrogen-bond donors (Lipinski definition) is 3. The van der Waals surface area contributed by atoms with Crippen molar-refractivity contribution in [1.82, 2.24) is 16.0 Å². The predicted octanol–water partition coefficient (Wildman–Crippen LogP) is 1.86. The van der Waals surface area contributed by atoms with Crippen LogP contribution in [0, 0.1) is 5.92 Å². The van der Waals surface area contributed by atoms with Crippen molar-refractivity contribution in [3.8, 4) is 0 Å². The molecule has 2 rings (SSSR count). The molecule has 1 aliphatic heterocycles. The Labute approximate surface area is 161 Å². The number of nitrogens with zero attached hydrogens (tertiary/aromatic N) is 1. The van der Waals surface area contributed by atoms with Gasteiger partial charge in [-0.1, -0.05) is 0 Å². The van der Waals surface area contributed by atoms with E-state index in [1.807, 2.05) is 13.8 Å². The minimum absolute atomic E-state index is 0. The van der Waals surface area contributed by atoms with E-state index in [9.17, 15) is 4.79 Å². The first-order chi connectivity index (χ1) is 11.2. The first kappa shape index (κ1) is 21.3. The van der Waals surface area contributed by atoms with E-state index in [1.165, 1.54) is 0 Å². The van der Waals surface area contributed by atoms with Crippen LogP contribution in [0.5, 0.6) is 0 Å². The van der Waals surface area contributed by atoms with E-state index >= 15 is 0 Å². The topological polar surface area (TPSA) is 84.0 Å². The Bertz CT molecular complexity index is 399. The maximum Gasteiger partial charge on any atom is 0.407 e. The second kappa shape index (κ2) is 11.7. The van der Waals surface area contributed by atoms with Gasteiger partial charge in [-0.25, -0.2) is 4.79 Å². The molecule has 24 heavy (non-hydrogen) atoms. The minimum atomic E-state index is -0.350. The number of guanidine groups is 1. The Balaban J connectivity index is 0.00000288. The van der Waals surface area contributed by atoms with Crippen molar-refractivity contribution in [2.24, 2.45) is 10.9 Å². The highest BCUT2D eigenvalue weighted by molar-refractivity contribution is 14.0. The van der Waals surface area contributed by atoms with Crippen molar-refractivity contribution in [1.29, 1.82) is 0 Å². The van der Waals surface area contributed by atoms with Crippen LogP contribution in [0.15, 0.2) is 4.99 Å². The maximum atomic E-state index is 11.6. The molecule has 2 atom stereocenters. The minimum Gasteiger partial charge on any atom is -0.450 e. The molecule has 0 aromatic heterocycles. The number of carbonyl (C=O) groups excluding carboxylic acids is 1. The van der Waals surface area contributed by atoms with Crippen molar-refractivity contribution in [3.63, 3.8) is 0 Å². The normalized spacial score (nSPS) is 21.6. The Kier molecular flexibility index (Phi) is 10.4. The number of carbonyl (C=O) groups is 1. The lowest BCUT2D eigenvalue weighted by Crippen LogP contribution is -2.43. The molecular formula is C16H31IN4O3. The van der Waals surface area contributed by atoms with Crippen LogP contribution in [-0.2, 0) is 9.47 Å². The molecule has 1 aliphatic carbocycles. The zero-order valence-corrected chi connectivity index (χ0v) is 17.0. The molecule has 0 bridgehead atoms. The Morgan fingerprint density at radius 1 is 1.29 bits per heavy atom. The predicted molar refractivity (Wildman–Crippen MR) is 105 cm³/mol. The van der Waals surface area contributed by atoms with Gasteiger partial charge in [-0.15, -0.1) is 24.0 Å². The van der Waals surface area contributed by atoms with Gasteiger partial charge in [-0.3, -0.25) is 4.99 Å². The number of hydrogen-bond acceptors (Lipinski definition) is 4. The molecular weight excluding hydrogens is 423 g/mol. The molecule has 2 aliphatic rings. The summed E-state index contributed by atoms with van der Waals surface area (Å²) in [6.45, 7) is 7.22. The van der Waals surface area contributed by atoms with Gasteiger partial charge in [0.05, 0.1) is 25.3 Å². The number of rotatable bonds is 8. The summed E-state index contributed by atoms with van der Waals surface area (Å²) >= 11 is 0. The van der Waals surface area contributed by atoms with Gasteiger partial charge in [-0.05, 0) is 45.4 Å². The molecule has 1 saturated carbocycles. The second-order valence-corrected chi connectivity index (χ2v) is 6.04. The van der Waals surface area contributed by atoms with Crippen molar-refractivity contribution >= 4 is 36.0 Å². The quantitative estimate of drug-likeness (QED) is 0.296. The van der Waals surface area contributed by atoms with E-state index in [1.54, 1.807) is 0 Å². The molecule has 1 amide bonds. The number of nitrogens with one attached hydrogen (secondary N) is 3. The average molecular weight is 454 g/mol. The average Bonchev–Trinajstić information content (AvgIpc) is 3.25. The fraction of sp³-hybridized carbons (Fsp3) is 0.875.